The monoisotopic (exact) mass is 370 g/mol. The smallest absolute Gasteiger partial charge is 0.133 e. The van der Waals surface area contributed by atoms with Gasteiger partial charge in [-0.1, -0.05) is 6.07 Å². The van der Waals surface area contributed by atoms with Gasteiger partial charge in [0.2, 0.25) is 0 Å². The summed E-state index contributed by atoms with van der Waals surface area (Å²) < 4.78 is 7.81. The topological polar surface area (TPSA) is 52.8 Å². The molecule has 0 aliphatic rings. The Kier molecular flexibility index (Phi) is 4.89. The maximum atomic E-state index is 6.00. The predicted molar refractivity (Wildman–Crippen MR) is 110 cm³/mol. The van der Waals surface area contributed by atoms with E-state index in [1.54, 1.807) is 0 Å². The minimum atomic E-state index is 0.402. The standard InChI is InChI=1S/C23H22N4O/c1-16-4-9-22(25-13-16)18-5-7-20(8-6-18)28-15-23-21(14-27(3)26-23)19-10-11-24-17(2)12-19/h4-14H,15H2,1-3H3. The van der Waals surface area contributed by atoms with Crippen molar-refractivity contribution in [3.05, 3.63) is 84.1 Å². The fourth-order valence-electron chi connectivity index (χ4n) is 3.11. The van der Waals surface area contributed by atoms with Gasteiger partial charge in [0.1, 0.15) is 18.1 Å². The van der Waals surface area contributed by atoms with Crippen LogP contribution < -0.4 is 4.74 Å². The number of nitrogens with zero attached hydrogens (tertiary/aromatic N) is 4. The summed E-state index contributed by atoms with van der Waals surface area (Å²) in [6.45, 7) is 4.42. The highest BCUT2D eigenvalue weighted by Crippen LogP contribution is 2.25. The fourth-order valence-corrected chi connectivity index (χ4v) is 3.11. The Morgan fingerprint density at radius 2 is 1.75 bits per heavy atom. The second kappa shape index (κ2) is 7.64. The van der Waals surface area contributed by atoms with Crippen molar-refractivity contribution in [3.63, 3.8) is 0 Å². The molecule has 0 bridgehead atoms. The van der Waals surface area contributed by atoms with Crippen molar-refractivity contribution in [1.82, 2.24) is 19.7 Å². The Morgan fingerprint density at radius 1 is 0.929 bits per heavy atom. The molecule has 0 amide bonds. The quantitative estimate of drug-likeness (QED) is 0.509. The van der Waals surface area contributed by atoms with E-state index in [0.717, 1.165) is 45.1 Å². The van der Waals surface area contributed by atoms with E-state index in [4.69, 9.17) is 4.74 Å². The highest BCUT2D eigenvalue weighted by Gasteiger charge is 2.11. The molecule has 5 nitrogen and oxygen atoms in total. The van der Waals surface area contributed by atoms with Crippen LogP contribution in [0.2, 0.25) is 0 Å². The van der Waals surface area contributed by atoms with Gasteiger partial charge in [-0.05, 0) is 67.4 Å². The summed E-state index contributed by atoms with van der Waals surface area (Å²) in [7, 11) is 1.92. The second-order valence-electron chi connectivity index (χ2n) is 6.88. The molecule has 4 aromatic rings. The largest absolute Gasteiger partial charge is 0.487 e. The lowest BCUT2D eigenvalue weighted by Crippen LogP contribution is -1.99. The highest BCUT2D eigenvalue weighted by atomic mass is 16.5. The van der Waals surface area contributed by atoms with Gasteiger partial charge in [0.05, 0.1) is 5.69 Å². The Labute approximate surface area is 164 Å². The van der Waals surface area contributed by atoms with Crippen LogP contribution in [0, 0.1) is 13.8 Å². The Morgan fingerprint density at radius 3 is 2.46 bits per heavy atom. The maximum Gasteiger partial charge on any atom is 0.133 e. The molecule has 0 aliphatic carbocycles. The molecule has 28 heavy (non-hydrogen) atoms. The van der Waals surface area contributed by atoms with Gasteiger partial charge < -0.3 is 4.74 Å². The first-order valence-electron chi connectivity index (χ1n) is 9.20. The third kappa shape index (κ3) is 3.93. The first-order chi connectivity index (χ1) is 13.6. The van der Waals surface area contributed by atoms with Crippen molar-refractivity contribution in [3.8, 4) is 28.1 Å². The summed E-state index contributed by atoms with van der Waals surface area (Å²) in [5.74, 6) is 0.804. The number of ether oxygens (including phenoxy) is 1. The van der Waals surface area contributed by atoms with E-state index in [-0.39, 0.29) is 0 Å². The van der Waals surface area contributed by atoms with Crippen LogP contribution in [0.4, 0.5) is 0 Å². The number of pyridine rings is 2. The van der Waals surface area contributed by atoms with Crippen LogP contribution in [-0.2, 0) is 13.7 Å². The average Bonchev–Trinajstić information content (AvgIpc) is 3.08. The summed E-state index contributed by atoms with van der Waals surface area (Å²) in [6, 6.07) is 16.1. The zero-order valence-electron chi connectivity index (χ0n) is 16.3. The van der Waals surface area contributed by atoms with E-state index in [1.807, 2.05) is 80.6 Å². The van der Waals surface area contributed by atoms with E-state index in [1.165, 1.54) is 0 Å². The number of aromatic nitrogens is 4. The molecule has 140 valence electrons. The lowest BCUT2D eigenvalue weighted by molar-refractivity contribution is 0.300. The first-order valence-corrected chi connectivity index (χ1v) is 9.20. The van der Waals surface area contributed by atoms with Crippen molar-refractivity contribution in [2.45, 2.75) is 20.5 Å². The van der Waals surface area contributed by atoms with Gasteiger partial charge in [-0.2, -0.15) is 5.10 Å². The molecule has 0 aliphatic heterocycles. The van der Waals surface area contributed by atoms with Crippen LogP contribution in [0.1, 0.15) is 17.0 Å². The number of benzene rings is 1. The number of hydrogen-bond donors (Lipinski definition) is 0. The van der Waals surface area contributed by atoms with Crippen LogP contribution in [-0.4, -0.2) is 19.7 Å². The van der Waals surface area contributed by atoms with Gasteiger partial charge in [-0.25, -0.2) is 0 Å². The van der Waals surface area contributed by atoms with Gasteiger partial charge >= 0.3 is 0 Å². The zero-order chi connectivity index (χ0) is 19.5. The van der Waals surface area contributed by atoms with E-state index in [9.17, 15) is 0 Å². The molecule has 4 rings (SSSR count). The molecular weight excluding hydrogens is 348 g/mol. The maximum absolute atomic E-state index is 6.00. The third-order valence-corrected chi connectivity index (χ3v) is 4.55. The summed E-state index contributed by atoms with van der Waals surface area (Å²) >= 11 is 0. The predicted octanol–water partition coefficient (Wildman–Crippen LogP) is 4.74. The minimum absolute atomic E-state index is 0.402. The number of hydrogen-bond acceptors (Lipinski definition) is 4. The van der Waals surface area contributed by atoms with Crippen LogP contribution in [0.15, 0.2) is 67.1 Å². The molecule has 3 heterocycles. The lowest BCUT2D eigenvalue weighted by Gasteiger charge is -2.08. The summed E-state index contributed by atoms with van der Waals surface area (Å²) in [5, 5.41) is 4.57. The molecule has 1 aromatic carbocycles. The van der Waals surface area contributed by atoms with Crippen LogP contribution >= 0.6 is 0 Å². The Hall–Kier alpha value is -3.47. The van der Waals surface area contributed by atoms with Crippen molar-refractivity contribution in [1.29, 1.82) is 0 Å². The van der Waals surface area contributed by atoms with Crippen LogP contribution in [0.3, 0.4) is 0 Å². The molecule has 0 fully saturated rings. The minimum Gasteiger partial charge on any atom is -0.487 e. The fraction of sp³-hybridized carbons (Fsp3) is 0.174. The second-order valence-corrected chi connectivity index (χ2v) is 6.88. The van der Waals surface area contributed by atoms with E-state index < -0.39 is 0 Å². The first kappa shape index (κ1) is 17.9. The molecular formula is C23H22N4O. The van der Waals surface area contributed by atoms with Crippen molar-refractivity contribution in [2.24, 2.45) is 7.05 Å². The summed E-state index contributed by atoms with van der Waals surface area (Å²) in [4.78, 5) is 8.74. The van der Waals surface area contributed by atoms with Gasteiger partial charge in [-0.15, -0.1) is 0 Å². The highest BCUT2D eigenvalue weighted by molar-refractivity contribution is 5.65. The van der Waals surface area contributed by atoms with Gasteiger partial charge in [0.25, 0.3) is 0 Å². The van der Waals surface area contributed by atoms with Crippen LogP contribution in [0.5, 0.6) is 5.75 Å². The van der Waals surface area contributed by atoms with E-state index >= 15 is 0 Å². The molecule has 3 aromatic heterocycles. The zero-order valence-corrected chi connectivity index (χ0v) is 16.3. The van der Waals surface area contributed by atoms with Gasteiger partial charge in [-0.3, -0.25) is 14.6 Å². The molecule has 0 spiro atoms. The van der Waals surface area contributed by atoms with Crippen molar-refractivity contribution in [2.75, 3.05) is 0 Å². The number of rotatable bonds is 5. The molecule has 0 N–H and O–H groups in total. The Balaban J connectivity index is 1.50. The van der Waals surface area contributed by atoms with Gasteiger partial charge in [0, 0.05) is 42.5 Å². The SMILES string of the molecule is Cc1ccc(-c2ccc(OCc3nn(C)cc3-c3ccnc(C)c3)cc2)nc1. The molecule has 0 unspecified atom stereocenters. The third-order valence-electron chi connectivity index (χ3n) is 4.55. The average molecular weight is 370 g/mol. The van der Waals surface area contributed by atoms with E-state index in [0.29, 0.717) is 6.61 Å². The van der Waals surface area contributed by atoms with Crippen LogP contribution in [0.25, 0.3) is 22.4 Å². The normalized spacial score (nSPS) is 10.8. The summed E-state index contributed by atoms with van der Waals surface area (Å²) in [5.41, 5.74) is 7.22. The van der Waals surface area contributed by atoms with Gasteiger partial charge in [0.15, 0.2) is 0 Å². The van der Waals surface area contributed by atoms with Crippen molar-refractivity contribution >= 4 is 0 Å². The molecule has 0 radical (unpaired) electrons. The van der Waals surface area contributed by atoms with Crippen molar-refractivity contribution < 1.29 is 4.74 Å². The molecule has 0 saturated carbocycles. The molecule has 5 heteroatoms. The molecule has 0 atom stereocenters. The molecule has 0 saturated heterocycles. The Bertz CT molecular complexity index is 1080. The number of aryl methyl sites for hydroxylation is 3. The van der Waals surface area contributed by atoms with E-state index in [2.05, 4.69) is 27.2 Å². The summed E-state index contributed by atoms with van der Waals surface area (Å²) in [6.07, 6.45) is 5.71. The lowest BCUT2D eigenvalue weighted by atomic mass is 10.1.